The summed E-state index contributed by atoms with van der Waals surface area (Å²) in [4.78, 5) is 38.9. The Morgan fingerprint density at radius 2 is 1.87 bits per heavy atom. The predicted octanol–water partition coefficient (Wildman–Crippen LogP) is 1.86. The Morgan fingerprint density at radius 3 is 2.43 bits per heavy atom. The fraction of sp³-hybridized carbons (Fsp3) is 0.476. The van der Waals surface area contributed by atoms with Gasteiger partial charge in [-0.1, -0.05) is 13.8 Å². The van der Waals surface area contributed by atoms with Gasteiger partial charge in [0.25, 0.3) is 0 Å². The molecule has 0 bridgehead atoms. The summed E-state index contributed by atoms with van der Waals surface area (Å²) in [6.07, 6.45) is 0.551. The second kappa shape index (κ2) is 11.2. The van der Waals surface area contributed by atoms with Crippen molar-refractivity contribution in [2.75, 3.05) is 38.7 Å². The highest BCUT2D eigenvalue weighted by Crippen LogP contribution is 2.18. The van der Waals surface area contributed by atoms with Crippen LogP contribution in [0.5, 0.6) is 5.75 Å². The van der Waals surface area contributed by atoms with Crippen molar-refractivity contribution in [3.63, 3.8) is 0 Å². The molecule has 30 heavy (non-hydrogen) atoms. The van der Waals surface area contributed by atoms with E-state index >= 15 is 0 Å². The lowest BCUT2D eigenvalue weighted by molar-refractivity contribution is -0.139. The molecule has 0 unspecified atom stereocenters. The molecule has 0 aromatic heterocycles. The lowest BCUT2D eigenvalue weighted by Crippen LogP contribution is -2.52. The molecular weight excluding hydrogens is 388 g/mol. The largest absolute Gasteiger partial charge is 0.497 e. The van der Waals surface area contributed by atoms with Gasteiger partial charge in [0, 0.05) is 17.9 Å². The Hall–Kier alpha value is -3.07. The van der Waals surface area contributed by atoms with Crippen LogP contribution in [0, 0.1) is 0 Å². The van der Waals surface area contributed by atoms with Gasteiger partial charge in [0.15, 0.2) is 0 Å². The molecule has 164 valence electrons. The fourth-order valence-corrected chi connectivity index (χ4v) is 3.17. The summed E-state index contributed by atoms with van der Waals surface area (Å²) in [5.41, 5.74) is 1.51. The van der Waals surface area contributed by atoms with E-state index in [-0.39, 0.29) is 31.6 Å². The molecule has 1 heterocycles. The van der Waals surface area contributed by atoms with Gasteiger partial charge in [-0.15, -0.1) is 0 Å². The van der Waals surface area contributed by atoms with Crippen LogP contribution in [-0.2, 0) is 14.3 Å². The van der Waals surface area contributed by atoms with Gasteiger partial charge in [-0.3, -0.25) is 9.69 Å². The first-order valence-electron chi connectivity index (χ1n) is 10.1. The van der Waals surface area contributed by atoms with E-state index in [4.69, 9.17) is 9.47 Å². The first kappa shape index (κ1) is 23.2. The molecule has 0 saturated carbocycles. The second-order valence-corrected chi connectivity index (χ2v) is 6.75. The lowest BCUT2D eigenvalue weighted by atomic mass is 10.00. The number of methoxy groups -OCH3 is 1. The number of hydrogen-bond donors (Lipinski definition) is 3. The number of benzene rings is 1. The maximum Gasteiger partial charge on any atom is 0.337 e. The minimum absolute atomic E-state index is 0.0994. The molecule has 0 aliphatic carbocycles. The van der Waals surface area contributed by atoms with Gasteiger partial charge in [0.05, 0.1) is 31.9 Å². The summed E-state index contributed by atoms with van der Waals surface area (Å²) < 4.78 is 10.3. The van der Waals surface area contributed by atoms with Crippen LogP contribution in [-0.4, -0.2) is 62.2 Å². The van der Waals surface area contributed by atoms with Gasteiger partial charge < -0.3 is 25.4 Å². The number of carbonyl (C=O) groups excluding carboxylic acids is 3. The maximum absolute atomic E-state index is 12.5. The number of nitrogens with one attached hydrogen (secondary N) is 3. The van der Waals surface area contributed by atoms with Crippen LogP contribution in [0.25, 0.3) is 0 Å². The van der Waals surface area contributed by atoms with Crippen molar-refractivity contribution in [2.24, 2.45) is 0 Å². The molecule has 1 aromatic rings. The number of esters is 1. The lowest BCUT2D eigenvalue weighted by Gasteiger charge is -2.31. The van der Waals surface area contributed by atoms with Gasteiger partial charge in [0.2, 0.25) is 5.91 Å². The molecular formula is C21H30N4O5. The van der Waals surface area contributed by atoms with E-state index in [0.717, 1.165) is 0 Å². The zero-order chi connectivity index (χ0) is 22.1. The normalized spacial score (nSPS) is 16.0. The van der Waals surface area contributed by atoms with Crippen molar-refractivity contribution < 1.29 is 23.9 Å². The summed E-state index contributed by atoms with van der Waals surface area (Å²) in [7, 11) is 1.58. The van der Waals surface area contributed by atoms with E-state index in [1.807, 2.05) is 18.7 Å². The Balaban J connectivity index is 2.12. The molecule has 2 rings (SSSR count). The summed E-state index contributed by atoms with van der Waals surface area (Å²) in [5, 5.41) is 8.29. The zero-order valence-electron chi connectivity index (χ0n) is 17.9. The van der Waals surface area contributed by atoms with Crippen molar-refractivity contribution >= 4 is 23.6 Å². The molecule has 1 aliphatic rings. The topological polar surface area (TPSA) is 109 Å². The standard InChI is InChI=1S/C21H30N4O5/c1-5-16-19(20(27)30-7-3)17(24-21(28)23-16)12-25(6-2)13-18(26)22-14-8-10-15(29-4)11-9-14/h8-11,16H,5-7,12-13H2,1-4H3,(H,22,26)(H2,23,24,28)/t16-/m1/s1. The highest BCUT2D eigenvalue weighted by molar-refractivity contribution is 5.95. The smallest absolute Gasteiger partial charge is 0.337 e. The average Bonchev–Trinajstić information content (AvgIpc) is 2.73. The molecule has 3 amide bonds. The predicted molar refractivity (Wildman–Crippen MR) is 113 cm³/mol. The Bertz CT molecular complexity index is 791. The van der Waals surface area contributed by atoms with Crippen molar-refractivity contribution in [3.8, 4) is 5.75 Å². The average molecular weight is 418 g/mol. The van der Waals surface area contributed by atoms with Crippen LogP contribution in [0.4, 0.5) is 10.5 Å². The number of hydrogen-bond acceptors (Lipinski definition) is 6. The summed E-state index contributed by atoms with van der Waals surface area (Å²) >= 11 is 0. The molecule has 0 radical (unpaired) electrons. The van der Waals surface area contributed by atoms with E-state index in [1.54, 1.807) is 38.3 Å². The molecule has 3 N–H and O–H groups in total. The first-order chi connectivity index (χ1) is 14.4. The highest BCUT2D eigenvalue weighted by atomic mass is 16.5. The number of nitrogens with zero attached hydrogens (tertiary/aromatic N) is 1. The molecule has 0 saturated heterocycles. The highest BCUT2D eigenvalue weighted by Gasteiger charge is 2.32. The molecule has 0 fully saturated rings. The SMILES string of the molecule is CCOC(=O)C1=C(CN(CC)CC(=O)Nc2ccc(OC)cc2)NC(=O)N[C@@H]1CC. The number of ether oxygens (including phenoxy) is 2. The number of carbonyl (C=O) groups is 3. The second-order valence-electron chi connectivity index (χ2n) is 6.75. The van der Waals surface area contributed by atoms with Crippen LogP contribution in [0.3, 0.4) is 0 Å². The van der Waals surface area contributed by atoms with E-state index in [1.165, 1.54) is 0 Å². The third kappa shape index (κ3) is 6.21. The Kier molecular flexibility index (Phi) is 8.67. The zero-order valence-corrected chi connectivity index (χ0v) is 17.9. The Morgan fingerprint density at radius 1 is 1.17 bits per heavy atom. The molecule has 1 aromatic carbocycles. The maximum atomic E-state index is 12.5. The third-order valence-corrected chi connectivity index (χ3v) is 4.72. The monoisotopic (exact) mass is 418 g/mol. The van der Waals surface area contributed by atoms with Crippen LogP contribution in [0.1, 0.15) is 27.2 Å². The molecule has 1 aliphatic heterocycles. The number of urea groups is 1. The van der Waals surface area contributed by atoms with Gasteiger partial charge in [-0.05, 0) is 44.2 Å². The Labute approximate surface area is 176 Å². The quantitative estimate of drug-likeness (QED) is 0.501. The van der Waals surface area contributed by atoms with Gasteiger partial charge in [-0.25, -0.2) is 9.59 Å². The van der Waals surface area contributed by atoms with E-state index in [0.29, 0.717) is 35.7 Å². The van der Waals surface area contributed by atoms with E-state index in [2.05, 4.69) is 16.0 Å². The summed E-state index contributed by atoms with van der Waals surface area (Å²) in [6.45, 7) is 6.65. The van der Waals surface area contributed by atoms with Gasteiger partial charge in [0.1, 0.15) is 5.75 Å². The van der Waals surface area contributed by atoms with Crippen LogP contribution >= 0.6 is 0 Å². The minimum atomic E-state index is -0.467. The van der Waals surface area contributed by atoms with Crippen LogP contribution < -0.4 is 20.7 Å². The number of amides is 3. The van der Waals surface area contributed by atoms with E-state index < -0.39 is 12.0 Å². The number of rotatable bonds is 10. The number of likely N-dealkylation sites (N-methyl/N-ethyl adjacent to an activating group) is 1. The molecule has 9 heteroatoms. The summed E-state index contributed by atoms with van der Waals surface area (Å²) in [5.74, 6) is 0.0342. The van der Waals surface area contributed by atoms with Crippen LogP contribution in [0.2, 0.25) is 0 Å². The van der Waals surface area contributed by atoms with Crippen molar-refractivity contribution in [2.45, 2.75) is 33.2 Å². The van der Waals surface area contributed by atoms with Gasteiger partial charge >= 0.3 is 12.0 Å². The van der Waals surface area contributed by atoms with E-state index in [9.17, 15) is 14.4 Å². The molecule has 9 nitrogen and oxygen atoms in total. The molecule has 0 spiro atoms. The minimum Gasteiger partial charge on any atom is -0.497 e. The van der Waals surface area contributed by atoms with Gasteiger partial charge in [-0.2, -0.15) is 0 Å². The van der Waals surface area contributed by atoms with Crippen molar-refractivity contribution in [3.05, 3.63) is 35.5 Å². The number of anilines is 1. The van der Waals surface area contributed by atoms with Crippen molar-refractivity contribution in [1.82, 2.24) is 15.5 Å². The fourth-order valence-electron chi connectivity index (χ4n) is 3.17. The first-order valence-corrected chi connectivity index (χ1v) is 10.1. The summed E-state index contributed by atoms with van der Waals surface area (Å²) in [6, 6.07) is 6.24. The third-order valence-electron chi connectivity index (χ3n) is 4.72. The van der Waals surface area contributed by atoms with Crippen molar-refractivity contribution in [1.29, 1.82) is 0 Å². The van der Waals surface area contributed by atoms with Crippen LogP contribution in [0.15, 0.2) is 35.5 Å². The molecule has 1 atom stereocenters.